The lowest BCUT2D eigenvalue weighted by molar-refractivity contribution is -0.136. The van der Waals surface area contributed by atoms with Crippen molar-refractivity contribution in [3.8, 4) is 0 Å². The summed E-state index contributed by atoms with van der Waals surface area (Å²) in [4.78, 5) is 26.8. The van der Waals surface area contributed by atoms with Crippen LogP contribution in [0.4, 0.5) is 9.18 Å². The van der Waals surface area contributed by atoms with Crippen LogP contribution in [-0.2, 0) is 16.0 Å². The van der Waals surface area contributed by atoms with E-state index in [0.29, 0.717) is 24.5 Å². The number of halogens is 1. The highest BCUT2D eigenvalue weighted by molar-refractivity contribution is 5.81. The van der Waals surface area contributed by atoms with Gasteiger partial charge in [0.1, 0.15) is 17.7 Å². The van der Waals surface area contributed by atoms with Gasteiger partial charge >= 0.3 is 6.09 Å². The van der Waals surface area contributed by atoms with Crippen LogP contribution in [0.2, 0.25) is 0 Å². The van der Waals surface area contributed by atoms with Crippen molar-refractivity contribution in [1.82, 2.24) is 30.4 Å². The first-order chi connectivity index (χ1) is 14.0. The maximum atomic E-state index is 13.6. The summed E-state index contributed by atoms with van der Waals surface area (Å²) in [6.07, 6.45) is 1.29. The summed E-state index contributed by atoms with van der Waals surface area (Å²) in [6.45, 7) is 4.68. The summed E-state index contributed by atoms with van der Waals surface area (Å²) in [5.74, 6) is -0.0307. The van der Waals surface area contributed by atoms with E-state index in [1.165, 1.54) is 16.8 Å². The van der Waals surface area contributed by atoms with E-state index in [9.17, 15) is 14.0 Å². The van der Waals surface area contributed by atoms with Crippen molar-refractivity contribution in [2.75, 3.05) is 19.7 Å². The number of carbonyl (C=O) groups is 2. The van der Waals surface area contributed by atoms with Gasteiger partial charge in [0.15, 0.2) is 0 Å². The summed E-state index contributed by atoms with van der Waals surface area (Å²) in [7, 11) is 0. The number of aryl methyl sites for hydroxylation is 1. The van der Waals surface area contributed by atoms with Crippen LogP contribution in [0.25, 0.3) is 0 Å². The maximum absolute atomic E-state index is 13.6. The minimum absolute atomic E-state index is 0.167. The first-order valence-electron chi connectivity index (χ1n) is 9.69. The molecule has 3 rings (SSSR count). The number of piperidine rings is 1. The first kappa shape index (κ1) is 20.7. The molecule has 1 saturated heterocycles. The number of tetrazole rings is 1. The van der Waals surface area contributed by atoms with Gasteiger partial charge in [0.25, 0.3) is 0 Å². The molecular weight excluding hydrogens is 379 g/mol. The van der Waals surface area contributed by atoms with Crippen molar-refractivity contribution in [3.05, 3.63) is 41.5 Å². The Morgan fingerprint density at radius 2 is 2.24 bits per heavy atom. The van der Waals surface area contributed by atoms with E-state index in [1.54, 1.807) is 30.9 Å². The van der Waals surface area contributed by atoms with Crippen molar-refractivity contribution < 1.29 is 18.7 Å². The number of likely N-dealkylation sites (tertiary alicyclic amines) is 1. The average molecular weight is 404 g/mol. The second-order valence-corrected chi connectivity index (χ2v) is 7.01. The Kier molecular flexibility index (Phi) is 6.73. The molecule has 2 heterocycles. The predicted octanol–water partition coefficient (Wildman–Crippen LogP) is 1.64. The fourth-order valence-electron chi connectivity index (χ4n) is 3.54. The van der Waals surface area contributed by atoms with Gasteiger partial charge in [-0.1, -0.05) is 12.1 Å². The van der Waals surface area contributed by atoms with E-state index < -0.39 is 12.1 Å². The van der Waals surface area contributed by atoms with E-state index in [0.717, 1.165) is 12.8 Å². The molecule has 1 N–H and O–H groups in total. The summed E-state index contributed by atoms with van der Waals surface area (Å²) in [5, 5.41) is 14.3. The third-order valence-corrected chi connectivity index (χ3v) is 4.89. The lowest BCUT2D eigenvalue weighted by Crippen LogP contribution is -2.51. The van der Waals surface area contributed by atoms with Crippen LogP contribution in [0.5, 0.6) is 0 Å². The quantitative estimate of drug-likeness (QED) is 0.785. The Morgan fingerprint density at radius 1 is 1.41 bits per heavy atom. The molecule has 0 radical (unpaired) electrons. The Hall–Kier alpha value is -3.04. The molecular formula is C19H25FN6O3. The van der Waals surface area contributed by atoms with Gasteiger partial charge in [0, 0.05) is 25.6 Å². The molecule has 2 amide bonds. The molecule has 1 fully saturated rings. The second kappa shape index (κ2) is 9.44. The highest BCUT2D eigenvalue weighted by atomic mass is 19.1. The van der Waals surface area contributed by atoms with Crippen LogP contribution < -0.4 is 5.32 Å². The zero-order valence-electron chi connectivity index (χ0n) is 16.5. The number of benzene rings is 1. The van der Waals surface area contributed by atoms with E-state index in [4.69, 9.17) is 4.74 Å². The number of hydrogen-bond donors (Lipinski definition) is 1. The smallest absolute Gasteiger partial charge is 0.407 e. The van der Waals surface area contributed by atoms with Crippen LogP contribution in [-0.4, -0.2) is 62.8 Å². The number of carbonyl (C=O) groups excluding carboxylic acids is 2. The maximum Gasteiger partial charge on any atom is 0.407 e. The van der Waals surface area contributed by atoms with Gasteiger partial charge in [-0.3, -0.25) is 4.79 Å². The van der Waals surface area contributed by atoms with Crippen molar-refractivity contribution in [2.45, 2.75) is 45.2 Å². The van der Waals surface area contributed by atoms with Gasteiger partial charge < -0.3 is 15.0 Å². The summed E-state index contributed by atoms with van der Waals surface area (Å²) in [5.41, 5.74) is 0.677. The molecule has 0 bridgehead atoms. The monoisotopic (exact) mass is 404 g/mol. The number of hydrogen-bond acceptors (Lipinski definition) is 6. The number of nitrogens with zero attached hydrogens (tertiary/aromatic N) is 5. The second-order valence-electron chi connectivity index (χ2n) is 7.01. The molecule has 156 valence electrons. The lowest BCUT2D eigenvalue weighted by Gasteiger charge is -2.35. The third-order valence-electron chi connectivity index (χ3n) is 4.89. The molecule has 2 aromatic rings. The molecule has 1 aromatic carbocycles. The molecule has 9 nitrogen and oxygen atoms in total. The van der Waals surface area contributed by atoms with Crippen LogP contribution in [0.15, 0.2) is 24.3 Å². The van der Waals surface area contributed by atoms with Crippen molar-refractivity contribution in [1.29, 1.82) is 0 Å². The number of ether oxygens (including phenoxy) is 1. The van der Waals surface area contributed by atoms with E-state index in [1.807, 2.05) is 0 Å². The average Bonchev–Trinajstić information content (AvgIpc) is 3.11. The Morgan fingerprint density at radius 3 is 2.93 bits per heavy atom. The first-order valence-corrected chi connectivity index (χ1v) is 9.69. The molecule has 0 unspecified atom stereocenters. The van der Waals surface area contributed by atoms with Gasteiger partial charge in [-0.05, 0) is 54.8 Å². The number of amides is 2. The standard InChI is InChI=1S/C19H25FN6O3/c1-3-29-19(28)21-16-8-5-9-25(12-16)18(27)17(26-13(2)22-23-24-26)11-14-6-4-7-15(20)10-14/h4,6-7,10,16-17H,3,5,8-9,11-12H2,1-2H3,(H,21,28)/t16-,17+/m1/s1. The van der Waals surface area contributed by atoms with Crippen LogP contribution in [0.3, 0.4) is 0 Å². The summed E-state index contributed by atoms with van der Waals surface area (Å²) >= 11 is 0. The molecule has 1 aliphatic heterocycles. The minimum atomic E-state index is -0.701. The highest BCUT2D eigenvalue weighted by Gasteiger charge is 2.32. The molecule has 0 saturated carbocycles. The molecule has 1 aliphatic rings. The molecule has 29 heavy (non-hydrogen) atoms. The van der Waals surface area contributed by atoms with Crippen molar-refractivity contribution in [2.24, 2.45) is 0 Å². The Balaban J connectivity index is 1.77. The molecule has 2 atom stereocenters. The predicted molar refractivity (Wildman–Crippen MR) is 101 cm³/mol. The number of aromatic nitrogens is 4. The summed E-state index contributed by atoms with van der Waals surface area (Å²) in [6, 6.07) is 5.26. The van der Waals surface area contributed by atoms with E-state index in [2.05, 4.69) is 20.8 Å². The van der Waals surface area contributed by atoms with Gasteiger partial charge in [0.05, 0.1) is 6.61 Å². The highest BCUT2D eigenvalue weighted by Crippen LogP contribution is 2.21. The van der Waals surface area contributed by atoms with E-state index in [-0.39, 0.29) is 30.8 Å². The number of alkyl carbamates (subject to hydrolysis) is 1. The molecule has 10 heteroatoms. The van der Waals surface area contributed by atoms with Crippen molar-refractivity contribution >= 4 is 12.0 Å². The normalized spacial score (nSPS) is 17.6. The SMILES string of the molecule is CCOC(=O)N[C@@H]1CCCN(C(=O)[C@H](Cc2cccc(F)c2)n2nnnc2C)C1. The number of nitrogens with one attached hydrogen (secondary N) is 1. The van der Waals surface area contributed by atoms with Crippen LogP contribution in [0, 0.1) is 12.7 Å². The van der Waals surface area contributed by atoms with Gasteiger partial charge in [0.2, 0.25) is 5.91 Å². The van der Waals surface area contributed by atoms with Crippen LogP contribution >= 0.6 is 0 Å². The fourth-order valence-corrected chi connectivity index (χ4v) is 3.54. The Labute approximate surface area is 168 Å². The number of rotatable bonds is 6. The largest absolute Gasteiger partial charge is 0.450 e. The zero-order valence-corrected chi connectivity index (χ0v) is 16.5. The topological polar surface area (TPSA) is 102 Å². The fraction of sp³-hybridized carbons (Fsp3) is 0.526. The third kappa shape index (κ3) is 5.27. The van der Waals surface area contributed by atoms with E-state index >= 15 is 0 Å². The zero-order chi connectivity index (χ0) is 20.8. The van der Waals surface area contributed by atoms with Gasteiger partial charge in [-0.2, -0.15) is 0 Å². The summed E-state index contributed by atoms with van der Waals surface area (Å²) < 4.78 is 20.0. The van der Waals surface area contributed by atoms with Gasteiger partial charge in [-0.25, -0.2) is 13.9 Å². The minimum Gasteiger partial charge on any atom is -0.450 e. The molecule has 1 aromatic heterocycles. The van der Waals surface area contributed by atoms with Crippen molar-refractivity contribution in [3.63, 3.8) is 0 Å². The molecule has 0 aliphatic carbocycles. The lowest BCUT2D eigenvalue weighted by atomic mass is 10.0. The Bertz CT molecular complexity index is 858. The molecule has 0 spiro atoms. The van der Waals surface area contributed by atoms with Gasteiger partial charge in [-0.15, -0.1) is 5.10 Å². The van der Waals surface area contributed by atoms with Crippen LogP contribution in [0.1, 0.15) is 37.2 Å².